The minimum atomic E-state index is -0.464. The van der Waals surface area contributed by atoms with Gasteiger partial charge in [-0.2, -0.15) is 0 Å². The first-order valence-corrected chi connectivity index (χ1v) is 8.64. The van der Waals surface area contributed by atoms with Crippen LogP contribution in [0.4, 0.5) is 0 Å². The second-order valence-corrected chi connectivity index (χ2v) is 5.64. The highest BCUT2D eigenvalue weighted by atomic mass is 16.5. The molecule has 6 nitrogen and oxygen atoms in total. The number of nitrogens with one attached hydrogen (secondary N) is 1. The maximum atomic E-state index is 12.2. The number of H-pyrrole nitrogens is 1. The maximum Gasteiger partial charge on any atom is 0.355 e. The number of fused-ring (bicyclic) bond motifs is 1. The number of benzene rings is 1. The SMILES string of the molecule is CCCCOc1cc2[nH]c(C(=O)OCC)c(CC)c2cc1C(=O)OC. The van der Waals surface area contributed by atoms with E-state index in [0.717, 1.165) is 29.3 Å². The molecule has 25 heavy (non-hydrogen) atoms. The van der Waals surface area contributed by atoms with Crippen molar-refractivity contribution in [2.24, 2.45) is 0 Å². The van der Waals surface area contributed by atoms with E-state index in [0.29, 0.717) is 36.6 Å². The fourth-order valence-electron chi connectivity index (χ4n) is 2.74. The number of carbonyl (C=O) groups excluding carboxylic acids is 2. The molecule has 0 unspecified atom stereocenters. The van der Waals surface area contributed by atoms with Crippen molar-refractivity contribution in [2.45, 2.75) is 40.0 Å². The summed E-state index contributed by atoms with van der Waals surface area (Å²) in [5.74, 6) is -0.412. The first kappa shape index (κ1) is 18.8. The van der Waals surface area contributed by atoms with Crippen LogP contribution < -0.4 is 4.74 Å². The molecule has 0 atom stereocenters. The highest BCUT2D eigenvalue weighted by Crippen LogP contribution is 2.31. The van der Waals surface area contributed by atoms with Gasteiger partial charge < -0.3 is 19.2 Å². The summed E-state index contributed by atoms with van der Waals surface area (Å²) in [6.07, 6.45) is 2.51. The van der Waals surface area contributed by atoms with E-state index in [4.69, 9.17) is 14.2 Å². The number of methoxy groups -OCH3 is 1. The van der Waals surface area contributed by atoms with E-state index in [-0.39, 0.29) is 0 Å². The van der Waals surface area contributed by atoms with E-state index in [1.807, 2.05) is 6.92 Å². The third kappa shape index (κ3) is 3.95. The second-order valence-electron chi connectivity index (χ2n) is 5.64. The standard InChI is InChI=1S/C19H25NO5/c1-5-8-9-25-16-11-15-13(10-14(16)18(21)23-4)12(6-2)17(20-15)19(22)24-7-3/h10-11,20H,5-9H2,1-4H3. The molecule has 0 radical (unpaired) electrons. The van der Waals surface area contributed by atoms with Gasteiger partial charge in [0, 0.05) is 11.5 Å². The number of hydrogen-bond donors (Lipinski definition) is 1. The minimum absolute atomic E-state index is 0.302. The zero-order chi connectivity index (χ0) is 18.4. The number of aromatic amines is 1. The predicted octanol–water partition coefficient (Wildman–Crippen LogP) is 3.87. The quantitative estimate of drug-likeness (QED) is 0.579. The molecule has 0 saturated heterocycles. The summed E-state index contributed by atoms with van der Waals surface area (Å²) in [7, 11) is 1.34. The lowest BCUT2D eigenvalue weighted by Gasteiger charge is -2.10. The van der Waals surface area contributed by atoms with Crippen LogP contribution in [0, 0.1) is 0 Å². The van der Waals surface area contributed by atoms with Gasteiger partial charge in [0.1, 0.15) is 17.0 Å². The molecule has 0 saturated carbocycles. The van der Waals surface area contributed by atoms with Gasteiger partial charge in [-0.05, 0) is 31.4 Å². The molecule has 0 aliphatic heterocycles. The van der Waals surface area contributed by atoms with Gasteiger partial charge in [0.25, 0.3) is 0 Å². The zero-order valence-corrected chi connectivity index (χ0v) is 15.2. The van der Waals surface area contributed by atoms with Crippen molar-refractivity contribution < 1.29 is 23.8 Å². The monoisotopic (exact) mass is 347 g/mol. The Morgan fingerprint density at radius 2 is 1.88 bits per heavy atom. The van der Waals surface area contributed by atoms with Crippen LogP contribution in [0.15, 0.2) is 12.1 Å². The number of hydrogen-bond acceptors (Lipinski definition) is 5. The third-order valence-corrected chi connectivity index (χ3v) is 4.00. The van der Waals surface area contributed by atoms with Crippen molar-refractivity contribution in [3.8, 4) is 5.75 Å². The van der Waals surface area contributed by atoms with Gasteiger partial charge in [0.2, 0.25) is 0 Å². The van der Waals surface area contributed by atoms with Crippen molar-refractivity contribution in [3.05, 3.63) is 29.0 Å². The predicted molar refractivity (Wildman–Crippen MR) is 95.4 cm³/mol. The number of aromatic nitrogens is 1. The van der Waals surface area contributed by atoms with Crippen molar-refractivity contribution >= 4 is 22.8 Å². The Labute approximate surface area is 147 Å². The number of aryl methyl sites for hydroxylation is 1. The van der Waals surface area contributed by atoms with Crippen LogP contribution in [0.1, 0.15) is 60.0 Å². The molecule has 6 heteroatoms. The van der Waals surface area contributed by atoms with E-state index in [1.165, 1.54) is 7.11 Å². The molecule has 2 rings (SSSR count). The molecular weight excluding hydrogens is 322 g/mol. The van der Waals surface area contributed by atoms with Crippen LogP contribution in [-0.2, 0) is 15.9 Å². The fraction of sp³-hybridized carbons (Fsp3) is 0.474. The minimum Gasteiger partial charge on any atom is -0.493 e. The third-order valence-electron chi connectivity index (χ3n) is 4.00. The van der Waals surface area contributed by atoms with E-state index >= 15 is 0 Å². The molecule has 1 aromatic heterocycles. The van der Waals surface area contributed by atoms with E-state index in [2.05, 4.69) is 11.9 Å². The van der Waals surface area contributed by atoms with Gasteiger partial charge in [0.05, 0.1) is 25.8 Å². The lowest BCUT2D eigenvalue weighted by Crippen LogP contribution is -2.07. The molecule has 1 N–H and O–H groups in total. The Balaban J connectivity index is 2.57. The van der Waals surface area contributed by atoms with Gasteiger partial charge in [-0.25, -0.2) is 9.59 Å². The number of unbranched alkanes of at least 4 members (excludes halogenated alkanes) is 1. The number of ether oxygens (including phenoxy) is 3. The van der Waals surface area contributed by atoms with Crippen LogP contribution in [0.25, 0.3) is 10.9 Å². The second kappa shape index (κ2) is 8.55. The number of rotatable bonds is 8. The van der Waals surface area contributed by atoms with Crippen LogP contribution in [0.2, 0.25) is 0 Å². The summed E-state index contributed by atoms with van der Waals surface area (Å²) in [5.41, 5.74) is 2.33. The lowest BCUT2D eigenvalue weighted by atomic mass is 10.0. The average molecular weight is 347 g/mol. The molecule has 1 aromatic carbocycles. The maximum absolute atomic E-state index is 12.2. The van der Waals surface area contributed by atoms with Crippen LogP contribution in [0.5, 0.6) is 5.75 Å². The topological polar surface area (TPSA) is 77.6 Å². The fourth-order valence-corrected chi connectivity index (χ4v) is 2.74. The Hall–Kier alpha value is -2.50. The molecule has 1 heterocycles. The zero-order valence-electron chi connectivity index (χ0n) is 15.2. The summed E-state index contributed by atoms with van der Waals surface area (Å²) in [6, 6.07) is 3.47. The highest BCUT2D eigenvalue weighted by Gasteiger charge is 2.22. The molecular formula is C19H25NO5. The number of carbonyl (C=O) groups is 2. The van der Waals surface area contributed by atoms with Crippen molar-refractivity contribution in [1.29, 1.82) is 0 Å². The normalized spacial score (nSPS) is 10.7. The van der Waals surface area contributed by atoms with Gasteiger partial charge in [-0.1, -0.05) is 20.3 Å². The van der Waals surface area contributed by atoms with E-state index in [9.17, 15) is 9.59 Å². The summed E-state index contributed by atoms with van der Waals surface area (Å²) >= 11 is 0. The van der Waals surface area contributed by atoms with Crippen molar-refractivity contribution in [1.82, 2.24) is 4.98 Å². The number of esters is 2. The molecule has 0 amide bonds. The first-order valence-electron chi connectivity index (χ1n) is 8.64. The molecule has 136 valence electrons. The Bertz CT molecular complexity index is 763. The molecule has 0 spiro atoms. The summed E-state index contributed by atoms with van der Waals surface area (Å²) in [6.45, 7) is 6.60. The van der Waals surface area contributed by atoms with Crippen LogP contribution in [-0.4, -0.2) is 37.2 Å². The van der Waals surface area contributed by atoms with Crippen molar-refractivity contribution in [3.63, 3.8) is 0 Å². The Kier molecular flexibility index (Phi) is 6.44. The first-order chi connectivity index (χ1) is 12.1. The van der Waals surface area contributed by atoms with Crippen LogP contribution in [0.3, 0.4) is 0 Å². The van der Waals surface area contributed by atoms with Crippen LogP contribution >= 0.6 is 0 Å². The molecule has 0 aliphatic carbocycles. The smallest absolute Gasteiger partial charge is 0.355 e. The summed E-state index contributed by atoms with van der Waals surface area (Å²) < 4.78 is 15.8. The van der Waals surface area contributed by atoms with E-state index < -0.39 is 11.9 Å². The lowest BCUT2D eigenvalue weighted by molar-refractivity contribution is 0.0518. The molecule has 2 aromatic rings. The van der Waals surface area contributed by atoms with Gasteiger partial charge in [-0.15, -0.1) is 0 Å². The average Bonchev–Trinajstić information content (AvgIpc) is 2.98. The molecule has 0 fully saturated rings. The Morgan fingerprint density at radius 1 is 1.12 bits per heavy atom. The van der Waals surface area contributed by atoms with E-state index in [1.54, 1.807) is 19.1 Å². The molecule has 0 bridgehead atoms. The van der Waals surface area contributed by atoms with Gasteiger partial charge >= 0.3 is 11.9 Å². The molecule has 0 aliphatic rings. The summed E-state index contributed by atoms with van der Waals surface area (Å²) in [5, 5.41) is 0.800. The Morgan fingerprint density at radius 3 is 2.48 bits per heavy atom. The highest BCUT2D eigenvalue weighted by molar-refractivity contribution is 6.03. The van der Waals surface area contributed by atoms with Gasteiger partial charge in [0.15, 0.2) is 0 Å². The van der Waals surface area contributed by atoms with Gasteiger partial charge in [-0.3, -0.25) is 0 Å². The largest absolute Gasteiger partial charge is 0.493 e. The summed E-state index contributed by atoms with van der Waals surface area (Å²) in [4.78, 5) is 27.4. The van der Waals surface area contributed by atoms with Crippen molar-refractivity contribution in [2.75, 3.05) is 20.3 Å².